The van der Waals surface area contributed by atoms with Crippen LogP contribution in [0.15, 0.2) is 41.7 Å². The molecule has 27 heavy (non-hydrogen) atoms. The van der Waals surface area contributed by atoms with Gasteiger partial charge in [-0.1, -0.05) is 12.8 Å². The Morgan fingerprint density at radius 2 is 2.07 bits per heavy atom. The van der Waals surface area contributed by atoms with E-state index in [1.165, 1.54) is 25.7 Å². The molecule has 1 fully saturated rings. The summed E-state index contributed by atoms with van der Waals surface area (Å²) in [6, 6.07) is 3.84. The molecule has 3 aromatic heterocycles. The molecule has 0 aliphatic heterocycles. The number of rotatable bonds is 6. The van der Waals surface area contributed by atoms with Gasteiger partial charge >= 0.3 is 0 Å². The number of hydrogen-bond donors (Lipinski definition) is 2. The molecule has 0 unspecified atom stereocenters. The zero-order chi connectivity index (χ0) is 18.6. The monoisotopic (exact) mass is 364 g/mol. The van der Waals surface area contributed by atoms with Crippen LogP contribution in [-0.4, -0.2) is 26.1 Å². The molecule has 1 saturated carbocycles. The van der Waals surface area contributed by atoms with Gasteiger partial charge in [0, 0.05) is 31.7 Å². The summed E-state index contributed by atoms with van der Waals surface area (Å²) in [6.45, 7) is 3.45. The van der Waals surface area contributed by atoms with Gasteiger partial charge in [-0.15, -0.1) is 0 Å². The van der Waals surface area contributed by atoms with Gasteiger partial charge in [0.15, 0.2) is 0 Å². The van der Waals surface area contributed by atoms with Crippen LogP contribution in [0.3, 0.4) is 0 Å². The highest BCUT2D eigenvalue weighted by atomic mass is 16.1. The Morgan fingerprint density at radius 1 is 1.22 bits per heavy atom. The molecule has 3 aromatic rings. The van der Waals surface area contributed by atoms with Crippen LogP contribution in [0.2, 0.25) is 0 Å². The standard InChI is InChI=1S/C20H24N6O/c1-2-26-10-7-15-11-16(24-17-13-21-8-9-22-17)25-19(18(15)20(26)27)23-12-14-5-3-4-6-14/h7-11,13-14H,2-6,12H2,1H3,(H2,22,23,24,25). The number of nitrogens with zero attached hydrogens (tertiary/aromatic N) is 4. The van der Waals surface area contributed by atoms with Crippen molar-refractivity contribution in [3.05, 3.63) is 47.3 Å². The second kappa shape index (κ2) is 7.73. The van der Waals surface area contributed by atoms with Gasteiger partial charge in [0.25, 0.3) is 5.56 Å². The van der Waals surface area contributed by atoms with Crippen LogP contribution >= 0.6 is 0 Å². The van der Waals surface area contributed by atoms with Crippen molar-refractivity contribution in [1.82, 2.24) is 19.5 Å². The van der Waals surface area contributed by atoms with Crippen molar-refractivity contribution in [1.29, 1.82) is 0 Å². The van der Waals surface area contributed by atoms with Crippen molar-refractivity contribution in [2.24, 2.45) is 5.92 Å². The highest BCUT2D eigenvalue weighted by molar-refractivity contribution is 5.93. The molecule has 0 aromatic carbocycles. The lowest BCUT2D eigenvalue weighted by Gasteiger charge is -2.15. The van der Waals surface area contributed by atoms with Gasteiger partial charge in [-0.3, -0.25) is 9.78 Å². The van der Waals surface area contributed by atoms with Crippen LogP contribution < -0.4 is 16.2 Å². The lowest BCUT2D eigenvalue weighted by atomic mass is 10.1. The molecule has 7 heteroatoms. The largest absolute Gasteiger partial charge is 0.369 e. The molecule has 0 amide bonds. The summed E-state index contributed by atoms with van der Waals surface area (Å²) in [5.41, 5.74) is -0.0116. The van der Waals surface area contributed by atoms with Crippen molar-refractivity contribution in [2.75, 3.05) is 17.2 Å². The minimum Gasteiger partial charge on any atom is -0.369 e. The van der Waals surface area contributed by atoms with Crippen LogP contribution in [0.1, 0.15) is 32.6 Å². The molecule has 0 atom stereocenters. The topological polar surface area (TPSA) is 84.7 Å². The summed E-state index contributed by atoms with van der Waals surface area (Å²) in [7, 11) is 0. The van der Waals surface area contributed by atoms with Crippen molar-refractivity contribution >= 4 is 28.2 Å². The van der Waals surface area contributed by atoms with Crippen LogP contribution in [0.25, 0.3) is 10.8 Å². The molecule has 0 radical (unpaired) electrons. The number of anilines is 3. The normalized spacial score (nSPS) is 14.6. The molecular weight excluding hydrogens is 340 g/mol. The first-order chi connectivity index (χ1) is 13.2. The number of pyridine rings is 2. The molecule has 0 bridgehead atoms. The number of aryl methyl sites for hydroxylation is 1. The molecule has 0 saturated heterocycles. The second-order valence-electron chi connectivity index (χ2n) is 6.97. The lowest BCUT2D eigenvalue weighted by Crippen LogP contribution is -2.21. The number of nitrogens with one attached hydrogen (secondary N) is 2. The van der Waals surface area contributed by atoms with E-state index in [2.05, 4.69) is 20.6 Å². The van der Waals surface area contributed by atoms with Crippen molar-refractivity contribution in [3.63, 3.8) is 0 Å². The molecule has 7 nitrogen and oxygen atoms in total. The Labute approximate surface area is 157 Å². The maximum Gasteiger partial charge on any atom is 0.262 e. The Kier molecular flexibility index (Phi) is 5.00. The molecule has 2 N–H and O–H groups in total. The molecule has 0 spiro atoms. The number of hydrogen-bond acceptors (Lipinski definition) is 6. The summed E-state index contributed by atoms with van der Waals surface area (Å²) in [5, 5.41) is 8.13. The van der Waals surface area contributed by atoms with Crippen LogP contribution in [0.5, 0.6) is 0 Å². The Bertz CT molecular complexity index is 979. The average Bonchev–Trinajstić information content (AvgIpc) is 3.21. The molecule has 1 aliphatic carbocycles. The first kappa shape index (κ1) is 17.5. The Hall–Kier alpha value is -2.96. The summed E-state index contributed by atoms with van der Waals surface area (Å²) in [4.78, 5) is 25.9. The van der Waals surface area contributed by atoms with Crippen LogP contribution in [0.4, 0.5) is 17.5 Å². The van der Waals surface area contributed by atoms with Crippen LogP contribution in [0, 0.1) is 5.92 Å². The maximum absolute atomic E-state index is 12.9. The summed E-state index contributed by atoms with van der Waals surface area (Å²) in [5.74, 6) is 2.55. The zero-order valence-electron chi connectivity index (χ0n) is 15.5. The van der Waals surface area contributed by atoms with Gasteiger partial charge in [0.2, 0.25) is 0 Å². The fourth-order valence-corrected chi connectivity index (χ4v) is 3.69. The van der Waals surface area contributed by atoms with Crippen molar-refractivity contribution in [2.45, 2.75) is 39.2 Å². The fraction of sp³-hybridized carbons (Fsp3) is 0.400. The van der Waals surface area contributed by atoms with E-state index in [1.54, 1.807) is 23.2 Å². The van der Waals surface area contributed by atoms with Gasteiger partial charge in [-0.05, 0) is 43.2 Å². The number of aromatic nitrogens is 4. The van der Waals surface area contributed by atoms with Crippen molar-refractivity contribution < 1.29 is 0 Å². The van der Waals surface area contributed by atoms with E-state index in [-0.39, 0.29) is 5.56 Å². The minimum atomic E-state index is -0.0116. The summed E-state index contributed by atoms with van der Waals surface area (Å²) in [6.07, 6.45) is 11.8. The van der Waals surface area contributed by atoms with Gasteiger partial charge in [0.05, 0.1) is 11.6 Å². The highest BCUT2D eigenvalue weighted by Crippen LogP contribution is 2.27. The fourth-order valence-electron chi connectivity index (χ4n) is 3.69. The van der Waals surface area contributed by atoms with Gasteiger partial charge in [0.1, 0.15) is 17.5 Å². The quantitative estimate of drug-likeness (QED) is 0.696. The maximum atomic E-state index is 12.9. The third kappa shape index (κ3) is 3.77. The van der Waals surface area contributed by atoms with Gasteiger partial charge in [-0.2, -0.15) is 0 Å². The molecule has 4 rings (SSSR count). The first-order valence-electron chi connectivity index (χ1n) is 9.55. The van der Waals surface area contributed by atoms with Crippen LogP contribution in [-0.2, 0) is 6.54 Å². The molecule has 140 valence electrons. The SMILES string of the molecule is CCn1ccc2cc(Nc3cnccn3)nc(NCC3CCCC3)c2c1=O. The van der Waals surface area contributed by atoms with E-state index in [4.69, 9.17) is 4.98 Å². The van der Waals surface area contributed by atoms with E-state index in [1.807, 2.05) is 25.3 Å². The second-order valence-corrected chi connectivity index (χ2v) is 6.97. The van der Waals surface area contributed by atoms with E-state index >= 15 is 0 Å². The predicted molar refractivity (Wildman–Crippen MR) is 107 cm³/mol. The highest BCUT2D eigenvalue weighted by Gasteiger charge is 2.17. The molecule has 3 heterocycles. The smallest absolute Gasteiger partial charge is 0.262 e. The van der Waals surface area contributed by atoms with E-state index in [0.717, 1.165) is 11.9 Å². The third-order valence-corrected chi connectivity index (χ3v) is 5.15. The first-order valence-corrected chi connectivity index (χ1v) is 9.55. The number of fused-ring (bicyclic) bond motifs is 1. The predicted octanol–water partition coefficient (Wildman–Crippen LogP) is 3.55. The average molecular weight is 364 g/mol. The molecular formula is C20H24N6O. The van der Waals surface area contributed by atoms with E-state index in [0.29, 0.717) is 35.3 Å². The minimum absolute atomic E-state index is 0.0116. The van der Waals surface area contributed by atoms with Gasteiger partial charge in [-0.25, -0.2) is 9.97 Å². The zero-order valence-corrected chi connectivity index (χ0v) is 15.5. The summed E-state index contributed by atoms with van der Waals surface area (Å²) >= 11 is 0. The lowest BCUT2D eigenvalue weighted by molar-refractivity contribution is 0.579. The molecule has 1 aliphatic rings. The Balaban J connectivity index is 1.73. The Morgan fingerprint density at radius 3 is 2.81 bits per heavy atom. The van der Waals surface area contributed by atoms with E-state index < -0.39 is 0 Å². The van der Waals surface area contributed by atoms with Gasteiger partial charge < -0.3 is 15.2 Å². The van der Waals surface area contributed by atoms with E-state index in [9.17, 15) is 4.79 Å². The summed E-state index contributed by atoms with van der Waals surface area (Å²) < 4.78 is 1.71. The van der Waals surface area contributed by atoms with Crippen molar-refractivity contribution in [3.8, 4) is 0 Å². The third-order valence-electron chi connectivity index (χ3n) is 5.15.